The lowest BCUT2D eigenvalue weighted by Gasteiger charge is -2.00. The molecule has 0 aromatic heterocycles. The Morgan fingerprint density at radius 3 is 2.76 bits per heavy atom. The first-order chi connectivity index (χ1) is 8.00. The Morgan fingerprint density at radius 1 is 1.41 bits per heavy atom. The molecular formula is C12H11Cl2NOS. The number of carbonyl (C=O) groups excluding carboxylic acids is 1. The Morgan fingerprint density at radius 2 is 2.12 bits per heavy atom. The van der Waals surface area contributed by atoms with Gasteiger partial charge >= 0.3 is 0 Å². The highest BCUT2D eigenvalue weighted by Gasteiger charge is 2.02. The zero-order valence-electron chi connectivity index (χ0n) is 9.22. The third-order valence-electron chi connectivity index (χ3n) is 1.84. The van der Waals surface area contributed by atoms with Crippen molar-refractivity contribution in [3.8, 4) is 11.8 Å². The van der Waals surface area contributed by atoms with E-state index in [4.69, 9.17) is 28.9 Å². The van der Waals surface area contributed by atoms with Gasteiger partial charge in [-0.3, -0.25) is 4.79 Å². The molecule has 0 aliphatic rings. The van der Waals surface area contributed by atoms with Gasteiger partial charge in [-0.15, -0.1) is 0 Å². The molecule has 0 heterocycles. The van der Waals surface area contributed by atoms with Crippen LogP contribution in [-0.4, -0.2) is 10.9 Å². The molecule has 0 spiro atoms. The van der Waals surface area contributed by atoms with Crippen LogP contribution >= 0.6 is 35.0 Å². The smallest absolute Gasteiger partial charge is 0.185 e. The van der Waals surface area contributed by atoms with E-state index in [0.717, 1.165) is 0 Å². The summed E-state index contributed by atoms with van der Waals surface area (Å²) in [5.41, 5.74) is 6.68. The normalized spacial score (nSPS) is 9.59. The summed E-state index contributed by atoms with van der Waals surface area (Å²) in [5, 5.41) is 1.02. The largest absolute Gasteiger partial charge is 0.397 e. The van der Waals surface area contributed by atoms with E-state index in [-0.39, 0.29) is 5.12 Å². The van der Waals surface area contributed by atoms with Crippen molar-refractivity contribution in [2.24, 2.45) is 0 Å². The van der Waals surface area contributed by atoms with Gasteiger partial charge in [0.25, 0.3) is 0 Å². The second-order valence-corrected chi connectivity index (χ2v) is 5.33. The number of thioether (sulfide) groups is 1. The number of benzene rings is 1. The van der Waals surface area contributed by atoms with Crippen LogP contribution in [0.4, 0.5) is 5.69 Å². The molecule has 1 aromatic rings. The fourth-order valence-corrected chi connectivity index (χ4v) is 1.94. The molecule has 0 saturated heterocycles. The van der Waals surface area contributed by atoms with Gasteiger partial charge in [0, 0.05) is 24.7 Å². The first-order valence-electron chi connectivity index (χ1n) is 4.87. The van der Waals surface area contributed by atoms with Crippen molar-refractivity contribution in [1.82, 2.24) is 0 Å². The van der Waals surface area contributed by atoms with Crippen LogP contribution in [0.1, 0.15) is 18.9 Å². The standard InChI is InChI=1S/C12H11Cl2NOS/c1-8(16)17-5-3-2-4-9-6-11(14)12(15)7-10(9)13/h6-7H,3,5,15H2,1H3. The number of anilines is 1. The molecular weight excluding hydrogens is 277 g/mol. The lowest BCUT2D eigenvalue weighted by atomic mass is 10.2. The summed E-state index contributed by atoms with van der Waals surface area (Å²) in [7, 11) is 0. The zero-order chi connectivity index (χ0) is 12.8. The van der Waals surface area contributed by atoms with E-state index in [0.29, 0.717) is 33.5 Å². The quantitative estimate of drug-likeness (QED) is 0.513. The molecule has 0 fully saturated rings. The van der Waals surface area contributed by atoms with E-state index in [1.165, 1.54) is 18.7 Å². The summed E-state index contributed by atoms with van der Waals surface area (Å²) in [6.07, 6.45) is 0.628. The van der Waals surface area contributed by atoms with Crippen LogP contribution in [0.3, 0.4) is 0 Å². The second kappa shape index (κ2) is 6.80. The summed E-state index contributed by atoms with van der Waals surface area (Å²) in [6, 6.07) is 3.22. The van der Waals surface area contributed by atoms with Gasteiger partial charge in [0.1, 0.15) is 0 Å². The maximum absolute atomic E-state index is 10.7. The monoisotopic (exact) mass is 287 g/mol. The second-order valence-electron chi connectivity index (χ2n) is 3.25. The van der Waals surface area contributed by atoms with Gasteiger partial charge in [0.15, 0.2) is 5.12 Å². The van der Waals surface area contributed by atoms with Gasteiger partial charge in [0.2, 0.25) is 0 Å². The van der Waals surface area contributed by atoms with Crippen LogP contribution in [0, 0.1) is 11.8 Å². The van der Waals surface area contributed by atoms with Crippen LogP contribution in [0.5, 0.6) is 0 Å². The highest BCUT2D eigenvalue weighted by Crippen LogP contribution is 2.26. The molecule has 17 heavy (non-hydrogen) atoms. The lowest BCUT2D eigenvalue weighted by molar-refractivity contribution is -0.109. The fraction of sp³-hybridized carbons (Fsp3) is 0.250. The zero-order valence-corrected chi connectivity index (χ0v) is 11.5. The van der Waals surface area contributed by atoms with Gasteiger partial charge in [-0.2, -0.15) is 0 Å². The van der Waals surface area contributed by atoms with E-state index in [2.05, 4.69) is 11.8 Å². The SMILES string of the molecule is CC(=O)SCCC#Cc1cc(Cl)c(N)cc1Cl. The van der Waals surface area contributed by atoms with Crippen molar-refractivity contribution in [3.63, 3.8) is 0 Å². The molecule has 0 aliphatic carbocycles. The van der Waals surface area contributed by atoms with Gasteiger partial charge in [0.05, 0.1) is 15.7 Å². The molecule has 0 radical (unpaired) electrons. The lowest BCUT2D eigenvalue weighted by Crippen LogP contribution is -1.88. The van der Waals surface area contributed by atoms with Crippen molar-refractivity contribution < 1.29 is 4.79 Å². The summed E-state index contributed by atoms with van der Waals surface area (Å²) >= 11 is 13.1. The summed E-state index contributed by atoms with van der Waals surface area (Å²) < 4.78 is 0. The minimum Gasteiger partial charge on any atom is -0.397 e. The van der Waals surface area contributed by atoms with Crippen LogP contribution in [-0.2, 0) is 4.79 Å². The van der Waals surface area contributed by atoms with Crippen molar-refractivity contribution in [2.45, 2.75) is 13.3 Å². The van der Waals surface area contributed by atoms with E-state index >= 15 is 0 Å². The number of hydrogen-bond donors (Lipinski definition) is 1. The minimum absolute atomic E-state index is 0.0976. The number of nitrogen functional groups attached to an aromatic ring is 1. The summed E-state index contributed by atoms with van der Waals surface area (Å²) in [6.45, 7) is 1.54. The number of halogens is 2. The molecule has 0 unspecified atom stereocenters. The molecule has 0 amide bonds. The predicted octanol–water partition coefficient (Wildman–Crippen LogP) is 3.60. The Kier molecular flexibility index (Phi) is 5.70. The van der Waals surface area contributed by atoms with Crippen molar-refractivity contribution in [2.75, 3.05) is 11.5 Å². The number of carbonyl (C=O) groups is 1. The fourth-order valence-electron chi connectivity index (χ4n) is 1.06. The molecule has 2 N–H and O–H groups in total. The summed E-state index contributed by atoms with van der Waals surface area (Å²) in [4.78, 5) is 10.7. The van der Waals surface area contributed by atoms with Crippen molar-refractivity contribution in [1.29, 1.82) is 0 Å². The molecule has 0 atom stereocenters. The number of nitrogens with two attached hydrogens (primary N) is 1. The Labute approximate surface area is 115 Å². The highest BCUT2D eigenvalue weighted by molar-refractivity contribution is 8.13. The molecule has 1 rings (SSSR count). The third-order valence-corrected chi connectivity index (χ3v) is 3.30. The Hall–Kier alpha value is -0.820. The number of rotatable bonds is 2. The van der Waals surface area contributed by atoms with E-state index in [9.17, 15) is 4.79 Å². The minimum atomic E-state index is 0.0976. The van der Waals surface area contributed by atoms with E-state index < -0.39 is 0 Å². The first kappa shape index (κ1) is 14.2. The van der Waals surface area contributed by atoms with Gasteiger partial charge in [-0.25, -0.2) is 0 Å². The molecule has 1 aromatic carbocycles. The third kappa shape index (κ3) is 4.91. The van der Waals surface area contributed by atoms with E-state index in [1.54, 1.807) is 12.1 Å². The van der Waals surface area contributed by atoms with Gasteiger partial charge in [-0.05, 0) is 12.1 Å². The van der Waals surface area contributed by atoms with Gasteiger partial charge in [-0.1, -0.05) is 46.8 Å². The van der Waals surface area contributed by atoms with Gasteiger partial charge < -0.3 is 5.73 Å². The maximum atomic E-state index is 10.7. The summed E-state index contributed by atoms with van der Waals surface area (Å²) in [5.74, 6) is 6.53. The van der Waals surface area contributed by atoms with Crippen molar-refractivity contribution in [3.05, 3.63) is 27.7 Å². The van der Waals surface area contributed by atoms with Crippen LogP contribution in [0.15, 0.2) is 12.1 Å². The van der Waals surface area contributed by atoms with E-state index in [1.807, 2.05) is 0 Å². The Balaban J connectivity index is 2.66. The topological polar surface area (TPSA) is 43.1 Å². The maximum Gasteiger partial charge on any atom is 0.185 e. The highest BCUT2D eigenvalue weighted by atomic mass is 35.5. The molecule has 5 heteroatoms. The Bertz CT molecular complexity index is 491. The molecule has 90 valence electrons. The first-order valence-corrected chi connectivity index (χ1v) is 6.61. The number of hydrogen-bond acceptors (Lipinski definition) is 3. The van der Waals surface area contributed by atoms with Crippen LogP contribution < -0.4 is 5.73 Å². The average Bonchev–Trinajstić information content (AvgIpc) is 2.24. The molecule has 0 bridgehead atoms. The van der Waals surface area contributed by atoms with Crippen LogP contribution in [0.2, 0.25) is 10.0 Å². The molecule has 0 aliphatic heterocycles. The van der Waals surface area contributed by atoms with Crippen molar-refractivity contribution >= 4 is 45.8 Å². The predicted molar refractivity (Wildman–Crippen MR) is 75.5 cm³/mol. The molecule has 2 nitrogen and oxygen atoms in total. The van der Waals surface area contributed by atoms with Crippen LogP contribution in [0.25, 0.3) is 0 Å². The average molecular weight is 288 g/mol. The molecule has 0 saturated carbocycles.